The van der Waals surface area contributed by atoms with Gasteiger partial charge in [-0.1, -0.05) is 24.3 Å². The Bertz CT molecular complexity index is 1620. The number of furan rings is 1. The summed E-state index contributed by atoms with van der Waals surface area (Å²) in [4.78, 5) is 36.8. The summed E-state index contributed by atoms with van der Waals surface area (Å²) >= 11 is 0. The van der Waals surface area contributed by atoms with Crippen LogP contribution in [0.25, 0.3) is 17.4 Å². The molecule has 8 nitrogen and oxygen atoms in total. The Balaban J connectivity index is 1.36. The number of carboxylic acid groups (broad SMARTS) is 1. The number of carbonyl (C=O) groups excluding carboxylic acids is 2. The minimum absolute atomic E-state index is 0.00341. The Kier molecular flexibility index (Phi) is 5.57. The van der Waals surface area contributed by atoms with Crippen molar-refractivity contribution in [3.05, 3.63) is 107 Å². The third-order valence-corrected chi connectivity index (χ3v) is 6.58. The summed E-state index contributed by atoms with van der Waals surface area (Å²) in [5, 5.41) is 9.14. The highest BCUT2D eigenvalue weighted by Gasteiger charge is 2.39. The van der Waals surface area contributed by atoms with Gasteiger partial charge in [0.2, 0.25) is 5.78 Å². The number of rotatable bonds is 5. The lowest BCUT2D eigenvalue weighted by Crippen LogP contribution is -2.21. The third-order valence-electron chi connectivity index (χ3n) is 6.58. The molecule has 1 unspecified atom stereocenters. The van der Waals surface area contributed by atoms with Crippen LogP contribution in [0.5, 0.6) is 17.2 Å². The number of allylic oxidation sites excluding steroid dienone is 1. The zero-order chi connectivity index (χ0) is 26.4. The molecule has 0 radical (unpaired) electrons. The molecule has 1 aromatic heterocycles. The first kappa shape index (κ1) is 23.3. The van der Waals surface area contributed by atoms with Gasteiger partial charge in [0.25, 0.3) is 0 Å². The van der Waals surface area contributed by atoms with E-state index < -0.39 is 17.9 Å². The Hall–Kier alpha value is -5.11. The minimum atomic E-state index is -1.02. The average Bonchev–Trinajstić information content (AvgIpc) is 3.54. The van der Waals surface area contributed by atoms with Crippen molar-refractivity contribution in [2.75, 3.05) is 7.11 Å². The van der Waals surface area contributed by atoms with Gasteiger partial charge in [0.1, 0.15) is 28.8 Å². The number of ether oxygens (including phenoxy) is 3. The van der Waals surface area contributed by atoms with Crippen LogP contribution in [0.15, 0.2) is 83.0 Å². The molecular weight excluding hydrogens is 488 g/mol. The van der Waals surface area contributed by atoms with Crippen molar-refractivity contribution in [1.29, 1.82) is 0 Å². The third kappa shape index (κ3) is 4.02. The molecule has 6 rings (SSSR count). The predicted molar refractivity (Wildman–Crippen MR) is 136 cm³/mol. The van der Waals surface area contributed by atoms with Crippen molar-refractivity contribution in [2.45, 2.75) is 12.3 Å². The van der Waals surface area contributed by atoms with Crippen molar-refractivity contribution in [3.63, 3.8) is 0 Å². The molecule has 1 N–H and O–H groups in total. The van der Waals surface area contributed by atoms with E-state index in [9.17, 15) is 14.4 Å². The fourth-order valence-corrected chi connectivity index (χ4v) is 4.67. The smallest absolute Gasteiger partial charge is 0.335 e. The van der Waals surface area contributed by atoms with Gasteiger partial charge in [-0.05, 0) is 60.2 Å². The summed E-state index contributed by atoms with van der Waals surface area (Å²) in [6, 6.07) is 20.2. The molecule has 0 aliphatic carbocycles. The molecule has 8 heteroatoms. The highest BCUT2D eigenvalue weighted by molar-refractivity contribution is 6.15. The molecule has 0 saturated heterocycles. The van der Waals surface area contributed by atoms with Crippen molar-refractivity contribution in [3.8, 4) is 28.6 Å². The molecular formula is C30H20O8. The molecule has 4 aromatic rings. The van der Waals surface area contributed by atoms with E-state index in [1.54, 1.807) is 61.7 Å². The van der Waals surface area contributed by atoms with Gasteiger partial charge in [0, 0.05) is 11.1 Å². The molecule has 0 spiro atoms. The maximum Gasteiger partial charge on any atom is 0.335 e. The van der Waals surface area contributed by atoms with Crippen LogP contribution in [-0.4, -0.2) is 29.9 Å². The summed E-state index contributed by atoms with van der Waals surface area (Å²) in [7, 11) is 1.58. The molecule has 0 amide bonds. The lowest BCUT2D eigenvalue weighted by Gasteiger charge is -2.24. The van der Waals surface area contributed by atoms with Gasteiger partial charge in [0.15, 0.2) is 5.76 Å². The van der Waals surface area contributed by atoms with Gasteiger partial charge in [-0.15, -0.1) is 0 Å². The van der Waals surface area contributed by atoms with Crippen molar-refractivity contribution in [2.24, 2.45) is 0 Å². The average molecular weight is 508 g/mol. The number of ketones is 1. The van der Waals surface area contributed by atoms with E-state index in [2.05, 4.69) is 0 Å². The molecule has 3 aromatic carbocycles. The van der Waals surface area contributed by atoms with Crippen LogP contribution in [0.2, 0.25) is 0 Å². The van der Waals surface area contributed by atoms with Gasteiger partial charge in [0.05, 0.1) is 30.6 Å². The Labute approximate surface area is 216 Å². The fraction of sp³-hybridized carbons (Fsp3) is 0.100. The van der Waals surface area contributed by atoms with Gasteiger partial charge >= 0.3 is 11.9 Å². The monoisotopic (exact) mass is 508 g/mol. The molecule has 3 heterocycles. The number of Topliss-reactive ketones (excluding diaryl/α,β-unsaturated/α-hetero) is 1. The van der Waals surface area contributed by atoms with Gasteiger partial charge in [-0.3, -0.25) is 9.59 Å². The lowest BCUT2D eigenvalue weighted by atomic mass is 9.88. The second-order valence-corrected chi connectivity index (χ2v) is 8.88. The normalized spacial score (nSPS) is 17.0. The first-order chi connectivity index (χ1) is 18.4. The van der Waals surface area contributed by atoms with Crippen LogP contribution >= 0.6 is 0 Å². The second-order valence-electron chi connectivity index (χ2n) is 8.88. The summed E-state index contributed by atoms with van der Waals surface area (Å²) < 4.78 is 22.9. The number of carboxylic acids is 1. The van der Waals surface area contributed by atoms with E-state index in [1.165, 1.54) is 12.1 Å². The van der Waals surface area contributed by atoms with Crippen molar-refractivity contribution < 1.29 is 38.1 Å². The van der Waals surface area contributed by atoms with Gasteiger partial charge in [-0.25, -0.2) is 4.79 Å². The number of methoxy groups -OCH3 is 1. The largest absolute Gasteiger partial charge is 0.497 e. The zero-order valence-electron chi connectivity index (χ0n) is 20.1. The molecule has 1 atom stereocenters. The number of fused-ring (bicyclic) bond motifs is 3. The summed E-state index contributed by atoms with van der Waals surface area (Å²) in [5.41, 5.74) is 2.57. The van der Waals surface area contributed by atoms with Crippen LogP contribution in [0, 0.1) is 0 Å². The molecule has 0 fully saturated rings. The summed E-state index contributed by atoms with van der Waals surface area (Å²) in [5.74, 6) is 0.271. The molecule has 2 aliphatic rings. The topological polar surface area (TPSA) is 112 Å². The van der Waals surface area contributed by atoms with E-state index in [0.29, 0.717) is 45.5 Å². The second kappa shape index (κ2) is 9.08. The zero-order valence-corrected chi connectivity index (χ0v) is 20.1. The quantitative estimate of drug-likeness (QED) is 0.207. The Morgan fingerprint density at radius 1 is 0.947 bits per heavy atom. The van der Waals surface area contributed by atoms with E-state index in [0.717, 1.165) is 5.56 Å². The van der Waals surface area contributed by atoms with Gasteiger partial charge < -0.3 is 23.7 Å². The SMILES string of the molecule is COc1ccc(/C=C2\Oc3c(ccc4c3C(c3ccc(-c5ccc(C(=O)O)cc5)o3)CC(=O)O4)C2=O)cc1. The van der Waals surface area contributed by atoms with Crippen LogP contribution in [0.1, 0.15) is 49.9 Å². The van der Waals surface area contributed by atoms with E-state index in [4.69, 9.17) is 23.7 Å². The molecule has 0 bridgehead atoms. The summed E-state index contributed by atoms with van der Waals surface area (Å²) in [6.07, 6.45) is 1.66. The first-order valence-electron chi connectivity index (χ1n) is 11.8. The molecule has 188 valence electrons. The number of hydrogen-bond donors (Lipinski definition) is 1. The van der Waals surface area contributed by atoms with Crippen molar-refractivity contribution >= 4 is 23.8 Å². The number of esters is 1. The molecule has 38 heavy (non-hydrogen) atoms. The molecule has 2 aliphatic heterocycles. The van der Waals surface area contributed by atoms with Crippen molar-refractivity contribution in [1.82, 2.24) is 0 Å². The van der Waals surface area contributed by atoms with Crippen LogP contribution < -0.4 is 14.2 Å². The number of aromatic carboxylic acids is 1. The van der Waals surface area contributed by atoms with Crippen LogP contribution in [-0.2, 0) is 4.79 Å². The standard InChI is InChI=1S/C30H20O8/c1-35-19-8-2-16(3-9-19)14-25-28(32)20-10-11-24-27(29(20)38-25)21(15-26(31)37-24)23-13-12-22(36-23)17-4-6-18(7-5-17)30(33)34/h2-14,21H,15H2,1H3,(H,33,34)/b25-14-. The Morgan fingerprint density at radius 2 is 1.71 bits per heavy atom. The fourth-order valence-electron chi connectivity index (χ4n) is 4.67. The number of hydrogen-bond acceptors (Lipinski definition) is 7. The van der Waals surface area contributed by atoms with E-state index in [1.807, 2.05) is 12.1 Å². The molecule has 0 saturated carbocycles. The van der Waals surface area contributed by atoms with Crippen LogP contribution in [0.4, 0.5) is 0 Å². The highest BCUT2D eigenvalue weighted by atomic mass is 16.5. The van der Waals surface area contributed by atoms with E-state index >= 15 is 0 Å². The first-order valence-corrected chi connectivity index (χ1v) is 11.8. The number of benzene rings is 3. The predicted octanol–water partition coefficient (Wildman–Crippen LogP) is 5.71. The van der Waals surface area contributed by atoms with Gasteiger partial charge in [-0.2, -0.15) is 0 Å². The van der Waals surface area contributed by atoms with Crippen LogP contribution in [0.3, 0.4) is 0 Å². The Morgan fingerprint density at radius 3 is 2.42 bits per heavy atom. The lowest BCUT2D eigenvalue weighted by molar-refractivity contribution is -0.135. The highest BCUT2D eigenvalue weighted by Crippen LogP contribution is 2.49. The minimum Gasteiger partial charge on any atom is -0.497 e. The number of carbonyl (C=O) groups is 3. The summed E-state index contributed by atoms with van der Waals surface area (Å²) in [6.45, 7) is 0. The maximum absolute atomic E-state index is 13.2. The van der Waals surface area contributed by atoms with E-state index in [-0.39, 0.29) is 23.5 Å². The maximum atomic E-state index is 13.2.